The first-order chi connectivity index (χ1) is 10.3. The zero-order valence-electron chi connectivity index (χ0n) is 11.2. The lowest BCUT2D eigenvalue weighted by atomic mass is 9.95. The van der Waals surface area contributed by atoms with Crippen LogP contribution in [-0.2, 0) is 22.4 Å². The molecule has 0 atom stereocenters. The summed E-state index contributed by atoms with van der Waals surface area (Å²) in [4.78, 5) is 42.9. The van der Waals surface area contributed by atoms with Gasteiger partial charge in [0.2, 0.25) is 5.91 Å². The molecule has 1 aliphatic heterocycles. The van der Waals surface area contributed by atoms with Gasteiger partial charge < -0.3 is 10.4 Å². The Morgan fingerprint density at radius 3 is 2.50 bits per heavy atom. The molecule has 0 unspecified atom stereocenters. The lowest BCUT2D eigenvalue weighted by molar-refractivity contribution is -0.395. The molecule has 1 heterocycles. The van der Waals surface area contributed by atoms with Gasteiger partial charge in [-0.3, -0.25) is 29.8 Å². The summed E-state index contributed by atoms with van der Waals surface area (Å²) in [7, 11) is 0. The number of hydrogen-bond donors (Lipinski definition) is 2. The van der Waals surface area contributed by atoms with E-state index in [1.165, 1.54) is 6.07 Å². The van der Waals surface area contributed by atoms with Gasteiger partial charge in [0, 0.05) is 18.9 Å². The van der Waals surface area contributed by atoms with Crippen molar-refractivity contribution in [1.29, 1.82) is 0 Å². The Morgan fingerprint density at radius 2 is 1.95 bits per heavy atom. The third kappa shape index (κ3) is 2.85. The van der Waals surface area contributed by atoms with Crippen LogP contribution in [0.25, 0.3) is 0 Å². The highest BCUT2D eigenvalue weighted by atomic mass is 16.6. The number of carbonyl (C=O) groups is 2. The molecule has 10 nitrogen and oxygen atoms in total. The van der Waals surface area contributed by atoms with Crippen LogP contribution in [0.5, 0.6) is 0 Å². The molecule has 2 rings (SSSR count). The van der Waals surface area contributed by atoms with Crippen LogP contribution in [0.1, 0.15) is 24.0 Å². The fraction of sp³-hybridized carbons (Fsp3) is 0.333. The van der Waals surface area contributed by atoms with Crippen molar-refractivity contribution in [3.05, 3.63) is 37.4 Å². The summed E-state index contributed by atoms with van der Waals surface area (Å²) in [5, 5.41) is 33.5. The minimum absolute atomic E-state index is 0.0766. The molecule has 2 N–H and O–H groups in total. The van der Waals surface area contributed by atoms with E-state index in [0.717, 1.165) is 0 Å². The average Bonchev–Trinajstić information content (AvgIpc) is 2.42. The van der Waals surface area contributed by atoms with Crippen molar-refractivity contribution >= 4 is 28.9 Å². The third-order valence-electron chi connectivity index (χ3n) is 3.32. The van der Waals surface area contributed by atoms with Crippen LogP contribution in [0.3, 0.4) is 0 Å². The average molecular weight is 309 g/mol. The van der Waals surface area contributed by atoms with Crippen molar-refractivity contribution in [2.24, 2.45) is 0 Å². The topological polar surface area (TPSA) is 153 Å². The van der Waals surface area contributed by atoms with Crippen LogP contribution in [0.2, 0.25) is 0 Å². The fourth-order valence-corrected chi connectivity index (χ4v) is 2.38. The molecular weight excluding hydrogens is 298 g/mol. The Bertz CT molecular complexity index is 698. The Hall–Kier alpha value is -3.04. The molecule has 0 saturated carbocycles. The number of fused-ring (bicyclic) bond motifs is 1. The SMILES string of the molecule is O=C(O)CCc1c([N+](=O)[O-])cc2c(c1[N+](=O)[O-])NC(=O)CC2. The molecule has 1 amide bonds. The van der Waals surface area contributed by atoms with Gasteiger partial charge in [-0.1, -0.05) is 0 Å². The largest absolute Gasteiger partial charge is 0.481 e. The van der Waals surface area contributed by atoms with Crippen LogP contribution in [-0.4, -0.2) is 26.8 Å². The first-order valence-electron chi connectivity index (χ1n) is 6.30. The second-order valence-corrected chi connectivity index (χ2v) is 4.71. The number of nitrogens with zero attached hydrogens (tertiary/aromatic N) is 2. The van der Waals surface area contributed by atoms with Crippen molar-refractivity contribution in [3.8, 4) is 0 Å². The summed E-state index contributed by atoms with van der Waals surface area (Å²) in [6.07, 6.45) is -0.628. The van der Waals surface area contributed by atoms with Crippen LogP contribution in [0.4, 0.5) is 17.1 Å². The van der Waals surface area contributed by atoms with Crippen molar-refractivity contribution in [2.75, 3.05) is 5.32 Å². The van der Waals surface area contributed by atoms with Gasteiger partial charge in [0.15, 0.2) is 0 Å². The van der Waals surface area contributed by atoms with Gasteiger partial charge in [0.05, 0.1) is 9.85 Å². The summed E-state index contributed by atoms with van der Waals surface area (Å²) in [5.41, 5.74) is -1.16. The molecule has 0 bridgehead atoms. The van der Waals surface area contributed by atoms with E-state index in [4.69, 9.17) is 5.11 Å². The maximum atomic E-state index is 11.4. The van der Waals surface area contributed by atoms with Gasteiger partial charge in [0.1, 0.15) is 11.3 Å². The second kappa shape index (κ2) is 5.76. The molecule has 1 aromatic carbocycles. The number of hydrogen-bond acceptors (Lipinski definition) is 6. The van der Waals surface area contributed by atoms with Gasteiger partial charge >= 0.3 is 11.7 Å². The van der Waals surface area contributed by atoms with Gasteiger partial charge in [-0.15, -0.1) is 0 Å². The number of amides is 1. The number of benzene rings is 1. The number of carboxylic acid groups (broad SMARTS) is 1. The maximum Gasteiger partial charge on any atom is 0.303 e. The minimum Gasteiger partial charge on any atom is -0.481 e. The highest BCUT2D eigenvalue weighted by Crippen LogP contribution is 2.41. The van der Waals surface area contributed by atoms with E-state index < -0.39 is 39.5 Å². The number of carboxylic acids is 1. The molecular formula is C12H11N3O7. The maximum absolute atomic E-state index is 11.4. The van der Waals surface area contributed by atoms with Crippen LogP contribution < -0.4 is 5.32 Å². The molecule has 0 spiro atoms. The molecule has 0 radical (unpaired) electrons. The summed E-state index contributed by atoms with van der Waals surface area (Å²) in [6, 6.07) is 1.17. The zero-order chi connectivity index (χ0) is 16.4. The van der Waals surface area contributed by atoms with E-state index in [2.05, 4.69) is 5.32 Å². The number of nitrogens with one attached hydrogen (secondary N) is 1. The highest BCUT2D eigenvalue weighted by molar-refractivity contribution is 5.97. The lowest BCUT2D eigenvalue weighted by Crippen LogP contribution is -2.21. The predicted molar refractivity (Wildman–Crippen MR) is 72.7 cm³/mol. The van der Waals surface area contributed by atoms with Crippen LogP contribution >= 0.6 is 0 Å². The van der Waals surface area contributed by atoms with Crippen molar-refractivity contribution in [2.45, 2.75) is 25.7 Å². The third-order valence-corrected chi connectivity index (χ3v) is 3.32. The summed E-state index contributed by atoms with van der Waals surface area (Å²) in [5.74, 6) is -1.65. The molecule has 0 aromatic heterocycles. The smallest absolute Gasteiger partial charge is 0.303 e. The van der Waals surface area contributed by atoms with Gasteiger partial charge in [-0.25, -0.2) is 0 Å². The normalized spacial score (nSPS) is 13.2. The quantitative estimate of drug-likeness (QED) is 0.615. The summed E-state index contributed by atoms with van der Waals surface area (Å²) < 4.78 is 0. The number of carbonyl (C=O) groups excluding carboxylic acids is 1. The minimum atomic E-state index is -1.23. The molecule has 10 heteroatoms. The second-order valence-electron chi connectivity index (χ2n) is 4.71. The Kier molecular flexibility index (Phi) is 4.02. The number of aryl methyl sites for hydroxylation is 1. The molecule has 1 aromatic rings. The monoisotopic (exact) mass is 309 g/mol. The molecule has 116 valence electrons. The van der Waals surface area contributed by atoms with E-state index in [0.29, 0.717) is 5.56 Å². The van der Waals surface area contributed by atoms with Crippen molar-refractivity contribution in [3.63, 3.8) is 0 Å². The standard InChI is InChI=1S/C12H11N3O7/c16-9-3-1-6-5-8(14(19)20)7(2-4-10(17)18)12(15(21)22)11(6)13-9/h5H,1-4H2,(H,13,16)(H,17,18). The molecule has 0 saturated heterocycles. The molecule has 22 heavy (non-hydrogen) atoms. The highest BCUT2D eigenvalue weighted by Gasteiger charge is 2.34. The number of nitro benzene ring substituents is 2. The first kappa shape index (κ1) is 15.4. The first-order valence-corrected chi connectivity index (χ1v) is 6.30. The van der Waals surface area contributed by atoms with Gasteiger partial charge in [0.25, 0.3) is 5.69 Å². The zero-order valence-corrected chi connectivity index (χ0v) is 11.2. The summed E-state index contributed by atoms with van der Waals surface area (Å²) >= 11 is 0. The van der Waals surface area contributed by atoms with Gasteiger partial charge in [-0.05, 0) is 18.4 Å². The Morgan fingerprint density at radius 1 is 1.27 bits per heavy atom. The van der Waals surface area contributed by atoms with Crippen LogP contribution in [0.15, 0.2) is 6.07 Å². The molecule has 1 aliphatic rings. The van der Waals surface area contributed by atoms with Crippen LogP contribution in [0, 0.1) is 20.2 Å². The van der Waals surface area contributed by atoms with E-state index in [1.807, 2.05) is 0 Å². The molecule has 0 aliphatic carbocycles. The Labute approximate surface area is 123 Å². The van der Waals surface area contributed by atoms with Crippen molar-refractivity contribution in [1.82, 2.24) is 0 Å². The number of rotatable bonds is 5. The van der Waals surface area contributed by atoms with E-state index in [-0.39, 0.29) is 30.5 Å². The molecule has 0 fully saturated rings. The number of aliphatic carboxylic acids is 1. The lowest BCUT2D eigenvalue weighted by Gasteiger charge is -2.18. The van der Waals surface area contributed by atoms with Crippen molar-refractivity contribution < 1.29 is 24.5 Å². The van der Waals surface area contributed by atoms with Gasteiger partial charge in [-0.2, -0.15) is 0 Å². The predicted octanol–water partition coefficient (Wildman–Crippen LogP) is 1.40. The Balaban J connectivity index is 2.68. The summed E-state index contributed by atoms with van der Waals surface area (Å²) in [6.45, 7) is 0. The number of nitro groups is 2. The number of anilines is 1. The van der Waals surface area contributed by atoms with E-state index in [9.17, 15) is 29.8 Å². The van der Waals surface area contributed by atoms with E-state index in [1.54, 1.807) is 0 Å². The van der Waals surface area contributed by atoms with E-state index >= 15 is 0 Å². The fourth-order valence-electron chi connectivity index (χ4n) is 2.38.